The highest BCUT2D eigenvalue weighted by Gasteiger charge is 2.26. The lowest BCUT2D eigenvalue weighted by Crippen LogP contribution is -2.32. The Hall–Kier alpha value is -3.28. The summed E-state index contributed by atoms with van der Waals surface area (Å²) in [5.41, 5.74) is 4.26. The molecule has 0 radical (unpaired) electrons. The first-order valence-electron chi connectivity index (χ1n) is 9.49. The summed E-state index contributed by atoms with van der Waals surface area (Å²) >= 11 is 0. The van der Waals surface area contributed by atoms with Crippen LogP contribution in [0.4, 0.5) is 0 Å². The van der Waals surface area contributed by atoms with Crippen molar-refractivity contribution >= 4 is 5.78 Å². The van der Waals surface area contributed by atoms with Gasteiger partial charge in [0.25, 0.3) is 5.78 Å². The quantitative estimate of drug-likeness (QED) is 0.547. The first kappa shape index (κ1) is 16.9. The van der Waals surface area contributed by atoms with Gasteiger partial charge in [0.05, 0.1) is 5.69 Å². The first-order chi connectivity index (χ1) is 13.6. The van der Waals surface area contributed by atoms with Crippen LogP contribution in [0.15, 0.2) is 55.0 Å². The lowest BCUT2D eigenvalue weighted by molar-refractivity contribution is 0.0846. The number of rotatable bonds is 3. The number of hydrogen-bond acceptors (Lipinski definition) is 5. The van der Waals surface area contributed by atoms with Crippen molar-refractivity contribution in [3.8, 4) is 17.0 Å². The summed E-state index contributed by atoms with van der Waals surface area (Å²) < 4.78 is 7.87. The topological polar surface area (TPSA) is 65.2 Å². The number of fused-ring (bicyclic) bond motifs is 2. The third-order valence-corrected chi connectivity index (χ3v) is 5.11. The van der Waals surface area contributed by atoms with Crippen LogP contribution >= 0.6 is 0 Å². The monoisotopic (exact) mass is 371 g/mol. The van der Waals surface area contributed by atoms with Crippen molar-refractivity contribution in [2.45, 2.75) is 38.7 Å². The van der Waals surface area contributed by atoms with E-state index in [0.717, 1.165) is 35.7 Å². The van der Waals surface area contributed by atoms with Gasteiger partial charge in [-0.2, -0.15) is 9.50 Å². The van der Waals surface area contributed by atoms with Crippen molar-refractivity contribution < 1.29 is 4.74 Å². The fourth-order valence-corrected chi connectivity index (χ4v) is 3.65. The summed E-state index contributed by atoms with van der Waals surface area (Å²) in [5.74, 6) is 2.34. The number of aromatic nitrogens is 5. The molecule has 0 unspecified atom stereocenters. The van der Waals surface area contributed by atoms with Crippen LogP contribution in [0, 0.1) is 0 Å². The minimum absolute atomic E-state index is 0.0912. The summed E-state index contributed by atoms with van der Waals surface area (Å²) in [4.78, 5) is 13.2. The van der Waals surface area contributed by atoms with Crippen LogP contribution in [0.5, 0.6) is 5.75 Å². The fraction of sp³-hybridized carbons (Fsp3) is 0.273. The highest BCUT2D eigenvalue weighted by molar-refractivity contribution is 5.60. The Morgan fingerprint density at radius 1 is 1.14 bits per heavy atom. The van der Waals surface area contributed by atoms with E-state index in [1.54, 1.807) is 16.9 Å². The van der Waals surface area contributed by atoms with Crippen LogP contribution in [0.25, 0.3) is 17.0 Å². The van der Waals surface area contributed by atoms with Crippen molar-refractivity contribution in [1.82, 2.24) is 24.6 Å². The largest absolute Gasteiger partial charge is 0.488 e. The van der Waals surface area contributed by atoms with Gasteiger partial charge in [0, 0.05) is 30.6 Å². The molecule has 1 aliphatic heterocycles. The second-order valence-corrected chi connectivity index (χ2v) is 7.79. The average molecular weight is 371 g/mol. The summed E-state index contributed by atoms with van der Waals surface area (Å²) in [6, 6.07) is 12.2. The van der Waals surface area contributed by atoms with Gasteiger partial charge in [-0.1, -0.05) is 12.1 Å². The summed E-state index contributed by atoms with van der Waals surface area (Å²) in [5, 5.41) is 4.70. The van der Waals surface area contributed by atoms with E-state index in [1.807, 2.05) is 24.4 Å². The van der Waals surface area contributed by atoms with Crippen molar-refractivity contribution in [3.05, 3.63) is 71.9 Å². The van der Waals surface area contributed by atoms with E-state index in [0.29, 0.717) is 12.2 Å². The van der Waals surface area contributed by atoms with Crippen LogP contribution in [-0.2, 0) is 12.8 Å². The highest BCUT2D eigenvalue weighted by Crippen LogP contribution is 2.33. The Kier molecular flexibility index (Phi) is 3.86. The molecule has 4 heterocycles. The molecule has 0 spiro atoms. The minimum Gasteiger partial charge on any atom is -0.488 e. The molecule has 0 bridgehead atoms. The number of pyridine rings is 1. The molecule has 1 aromatic carbocycles. The standard InChI is InChI=1S/C22H21N5O/c1-22(2)9-7-16-12-15(5-6-19(16)28-22)13-20-25-21-24-11-8-18(27(21)26-20)17-4-3-10-23-14-17/h3-6,8,10-12,14H,7,9,13H2,1-2H3. The third kappa shape index (κ3) is 3.11. The molecule has 0 saturated heterocycles. The number of benzene rings is 1. The van der Waals surface area contributed by atoms with E-state index in [1.165, 1.54) is 11.1 Å². The number of hydrogen-bond donors (Lipinski definition) is 0. The molecule has 0 atom stereocenters. The average Bonchev–Trinajstić information content (AvgIpc) is 3.10. The molecule has 6 heteroatoms. The highest BCUT2D eigenvalue weighted by atomic mass is 16.5. The lowest BCUT2D eigenvalue weighted by atomic mass is 9.93. The Morgan fingerprint density at radius 3 is 2.93 bits per heavy atom. The zero-order valence-corrected chi connectivity index (χ0v) is 16.0. The van der Waals surface area contributed by atoms with Gasteiger partial charge in [0.15, 0.2) is 5.82 Å². The summed E-state index contributed by atoms with van der Waals surface area (Å²) in [6.45, 7) is 4.27. The zero-order valence-electron chi connectivity index (χ0n) is 16.0. The predicted octanol–water partition coefficient (Wildman–Crippen LogP) is 3.88. The molecule has 0 aliphatic carbocycles. The Morgan fingerprint density at radius 2 is 2.07 bits per heavy atom. The van der Waals surface area contributed by atoms with E-state index in [9.17, 15) is 0 Å². The lowest BCUT2D eigenvalue weighted by Gasteiger charge is -2.32. The maximum atomic E-state index is 6.09. The van der Waals surface area contributed by atoms with Crippen molar-refractivity contribution in [2.24, 2.45) is 0 Å². The minimum atomic E-state index is -0.0912. The number of ether oxygens (including phenoxy) is 1. The van der Waals surface area contributed by atoms with Gasteiger partial charge in [-0.05, 0) is 62.1 Å². The number of nitrogens with zero attached hydrogens (tertiary/aromatic N) is 5. The molecule has 28 heavy (non-hydrogen) atoms. The predicted molar refractivity (Wildman–Crippen MR) is 106 cm³/mol. The van der Waals surface area contributed by atoms with Gasteiger partial charge in [-0.25, -0.2) is 4.98 Å². The molecule has 6 nitrogen and oxygen atoms in total. The molecular weight excluding hydrogens is 350 g/mol. The Balaban J connectivity index is 1.47. The van der Waals surface area contributed by atoms with Crippen LogP contribution < -0.4 is 4.74 Å². The maximum Gasteiger partial charge on any atom is 0.252 e. The molecule has 4 aromatic rings. The molecule has 140 valence electrons. The normalized spacial score (nSPS) is 15.2. The molecule has 0 fully saturated rings. The van der Waals surface area contributed by atoms with Crippen LogP contribution in [0.3, 0.4) is 0 Å². The Labute approximate surface area is 163 Å². The maximum absolute atomic E-state index is 6.09. The molecular formula is C22H21N5O. The SMILES string of the molecule is CC1(C)CCc2cc(Cc3nc4nccc(-c5cccnc5)n4n3)ccc2O1. The molecule has 0 saturated carbocycles. The van der Waals surface area contributed by atoms with E-state index >= 15 is 0 Å². The van der Waals surface area contributed by atoms with Gasteiger partial charge in [-0.15, -0.1) is 5.10 Å². The van der Waals surface area contributed by atoms with Gasteiger partial charge in [0.2, 0.25) is 0 Å². The third-order valence-electron chi connectivity index (χ3n) is 5.11. The van der Waals surface area contributed by atoms with Gasteiger partial charge < -0.3 is 4.74 Å². The van der Waals surface area contributed by atoms with Crippen LogP contribution in [0.1, 0.15) is 37.2 Å². The first-order valence-corrected chi connectivity index (χ1v) is 9.49. The molecule has 1 aliphatic rings. The van der Waals surface area contributed by atoms with E-state index in [-0.39, 0.29) is 5.60 Å². The van der Waals surface area contributed by atoms with Crippen molar-refractivity contribution in [2.75, 3.05) is 0 Å². The van der Waals surface area contributed by atoms with Crippen LogP contribution in [-0.4, -0.2) is 30.2 Å². The van der Waals surface area contributed by atoms with Gasteiger partial charge >= 0.3 is 0 Å². The summed E-state index contributed by atoms with van der Waals surface area (Å²) in [6.07, 6.45) is 8.05. The molecule has 5 rings (SSSR count). The molecule has 0 N–H and O–H groups in total. The second kappa shape index (κ2) is 6.41. The van der Waals surface area contributed by atoms with Crippen molar-refractivity contribution in [1.29, 1.82) is 0 Å². The summed E-state index contributed by atoms with van der Waals surface area (Å²) in [7, 11) is 0. The van der Waals surface area contributed by atoms with Gasteiger partial charge in [-0.3, -0.25) is 4.98 Å². The second-order valence-electron chi connectivity index (χ2n) is 7.79. The van der Waals surface area contributed by atoms with Gasteiger partial charge in [0.1, 0.15) is 11.4 Å². The smallest absolute Gasteiger partial charge is 0.252 e. The van der Waals surface area contributed by atoms with E-state index in [4.69, 9.17) is 9.84 Å². The van der Waals surface area contributed by atoms with E-state index in [2.05, 4.69) is 47.0 Å². The Bertz CT molecular complexity index is 1150. The molecule has 0 amide bonds. The van der Waals surface area contributed by atoms with Crippen molar-refractivity contribution in [3.63, 3.8) is 0 Å². The fourth-order valence-electron chi connectivity index (χ4n) is 3.65. The zero-order chi connectivity index (χ0) is 19.1. The number of aryl methyl sites for hydroxylation is 1. The van der Waals surface area contributed by atoms with E-state index < -0.39 is 0 Å². The molecule has 3 aromatic heterocycles. The van der Waals surface area contributed by atoms with Crippen LogP contribution in [0.2, 0.25) is 0 Å².